The highest BCUT2D eigenvalue weighted by atomic mass is 16.5. The number of piperazine rings is 1. The number of nitrogens with one attached hydrogen (secondary N) is 1. The molecule has 0 aromatic carbocycles. The Morgan fingerprint density at radius 3 is 2.56 bits per heavy atom. The van der Waals surface area contributed by atoms with Crippen LogP contribution in [0.4, 0.5) is 0 Å². The van der Waals surface area contributed by atoms with E-state index in [1.807, 2.05) is 4.90 Å². The summed E-state index contributed by atoms with van der Waals surface area (Å²) in [6.07, 6.45) is 6.44. The highest BCUT2D eigenvalue weighted by Gasteiger charge is 2.19. The molecule has 0 bridgehead atoms. The minimum absolute atomic E-state index is 0.159. The second-order valence-electron chi connectivity index (χ2n) is 4.70. The van der Waals surface area contributed by atoms with Crippen LogP contribution in [0.3, 0.4) is 0 Å². The van der Waals surface area contributed by atoms with Gasteiger partial charge in [-0.05, 0) is 12.8 Å². The summed E-state index contributed by atoms with van der Waals surface area (Å²) in [6, 6.07) is 0. The zero-order valence-corrected chi connectivity index (χ0v) is 9.91. The summed E-state index contributed by atoms with van der Waals surface area (Å²) in [5, 5.41) is 3.24. The summed E-state index contributed by atoms with van der Waals surface area (Å²) in [5.74, 6) is 0.159. The Morgan fingerprint density at radius 1 is 1.19 bits per heavy atom. The van der Waals surface area contributed by atoms with Crippen LogP contribution in [0.2, 0.25) is 0 Å². The minimum atomic E-state index is 0.159. The molecule has 1 heterocycles. The van der Waals surface area contributed by atoms with Crippen molar-refractivity contribution in [1.29, 1.82) is 0 Å². The molecule has 1 saturated heterocycles. The average Bonchev–Trinajstić information content (AvgIpc) is 2.38. The molecule has 4 heteroatoms. The van der Waals surface area contributed by atoms with E-state index in [2.05, 4.69) is 5.32 Å². The van der Waals surface area contributed by atoms with Crippen molar-refractivity contribution >= 4 is 5.91 Å². The Kier molecular flexibility index (Phi) is 4.60. The average molecular weight is 226 g/mol. The van der Waals surface area contributed by atoms with Crippen molar-refractivity contribution in [3.8, 4) is 0 Å². The molecule has 0 unspecified atom stereocenters. The van der Waals surface area contributed by atoms with E-state index in [9.17, 15) is 4.79 Å². The van der Waals surface area contributed by atoms with Gasteiger partial charge in [0.25, 0.3) is 0 Å². The van der Waals surface area contributed by atoms with E-state index in [4.69, 9.17) is 4.74 Å². The third-order valence-electron chi connectivity index (χ3n) is 3.46. The predicted octanol–water partition coefficient (Wildman–Crippen LogP) is 0.767. The molecule has 2 rings (SSSR count). The summed E-state index contributed by atoms with van der Waals surface area (Å²) in [4.78, 5) is 13.7. The molecule has 0 aromatic rings. The van der Waals surface area contributed by atoms with Crippen molar-refractivity contribution in [1.82, 2.24) is 10.2 Å². The van der Waals surface area contributed by atoms with Gasteiger partial charge in [-0.2, -0.15) is 0 Å². The van der Waals surface area contributed by atoms with Gasteiger partial charge in [-0.1, -0.05) is 19.3 Å². The molecule has 0 spiro atoms. The fourth-order valence-corrected chi connectivity index (χ4v) is 2.43. The zero-order chi connectivity index (χ0) is 11.2. The highest BCUT2D eigenvalue weighted by Crippen LogP contribution is 2.20. The first-order valence-corrected chi connectivity index (χ1v) is 6.46. The van der Waals surface area contributed by atoms with Crippen LogP contribution >= 0.6 is 0 Å². The van der Waals surface area contributed by atoms with Gasteiger partial charge in [-0.25, -0.2) is 0 Å². The van der Waals surface area contributed by atoms with E-state index >= 15 is 0 Å². The summed E-state index contributed by atoms with van der Waals surface area (Å²) < 4.78 is 5.69. The molecule has 0 radical (unpaired) electrons. The van der Waals surface area contributed by atoms with Crippen LogP contribution in [0.1, 0.15) is 32.1 Å². The number of hydrogen-bond donors (Lipinski definition) is 1. The zero-order valence-electron chi connectivity index (χ0n) is 9.91. The van der Waals surface area contributed by atoms with Gasteiger partial charge in [-0.15, -0.1) is 0 Å². The van der Waals surface area contributed by atoms with Crippen molar-refractivity contribution in [3.63, 3.8) is 0 Å². The van der Waals surface area contributed by atoms with Crippen molar-refractivity contribution in [2.24, 2.45) is 0 Å². The summed E-state index contributed by atoms with van der Waals surface area (Å²) in [6.45, 7) is 3.76. The smallest absolute Gasteiger partial charge is 0.248 e. The Bertz CT molecular complexity index is 221. The Balaban J connectivity index is 1.65. The number of carbonyl (C=O) groups is 1. The number of rotatable bonds is 3. The van der Waals surface area contributed by atoms with Crippen LogP contribution in [0, 0.1) is 0 Å². The van der Waals surface area contributed by atoms with Gasteiger partial charge >= 0.3 is 0 Å². The molecule has 92 valence electrons. The van der Waals surface area contributed by atoms with Crippen LogP contribution in [0.5, 0.6) is 0 Å². The second-order valence-corrected chi connectivity index (χ2v) is 4.70. The number of carbonyl (C=O) groups excluding carboxylic acids is 1. The maximum Gasteiger partial charge on any atom is 0.248 e. The van der Waals surface area contributed by atoms with Crippen molar-refractivity contribution in [2.75, 3.05) is 32.8 Å². The Morgan fingerprint density at radius 2 is 1.88 bits per heavy atom. The SMILES string of the molecule is O=C(COC1CCCCC1)N1CCNCC1. The molecule has 1 amide bonds. The summed E-state index contributed by atoms with van der Waals surface area (Å²) in [5.41, 5.74) is 0. The quantitative estimate of drug-likeness (QED) is 0.773. The van der Waals surface area contributed by atoms with Gasteiger partial charge in [-0.3, -0.25) is 4.79 Å². The molecule has 16 heavy (non-hydrogen) atoms. The normalized spacial score (nSPS) is 23.4. The number of nitrogens with zero attached hydrogens (tertiary/aromatic N) is 1. The summed E-state index contributed by atoms with van der Waals surface area (Å²) in [7, 11) is 0. The van der Waals surface area contributed by atoms with Crippen LogP contribution in [0.15, 0.2) is 0 Å². The van der Waals surface area contributed by atoms with E-state index in [1.165, 1.54) is 19.3 Å². The lowest BCUT2D eigenvalue weighted by atomic mass is 9.98. The number of hydrogen-bond acceptors (Lipinski definition) is 3. The second kappa shape index (κ2) is 6.21. The standard InChI is InChI=1S/C12H22N2O2/c15-12(14-8-6-13-7-9-14)10-16-11-4-2-1-3-5-11/h11,13H,1-10H2. The molecule has 1 aliphatic carbocycles. The number of amides is 1. The van der Waals surface area contributed by atoms with Crippen LogP contribution in [0.25, 0.3) is 0 Å². The van der Waals surface area contributed by atoms with Crippen LogP contribution in [-0.4, -0.2) is 49.7 Å². The van der Waals surface area contributed by atoms with Crippen LogP contribution in [-0.2, 0) is 9.53 Å². The lowest BCUT2D eigenvalue weighted by molar-refractivity contribution is -0.139. The van der Waals surface area contributed by atoms with Crippen molar-refractivity contribution < 1.29 is 9.53 Å². The Hall–Kier alpha value is -0.610. The lowest BCUT2D eigenvalue weighted by Gasteiger charge is -2.28. The van der Waals surface area contributed by atoms with Gasteiger partial charge in [0.05, 0.1) is 6.10 Å². The van der Waals surface area contributed by atoms with Crippen LogP contribution < -0.4 is 5.32 Å². The van der Waals surface area contributed by atoms with Crippen molar-refractivity contribution in [3.05, 3.63) is 0 Å². The van der Waals surface area contributed by atoms with Crippen molar-refractivity contribution in [2.45, 2.75) is 38.2 Å². The van der Waals surface area contributed by atoms with Gasteiger partial charge in [0.2, 0.25) is 5.91 Å². The van der Waals surface area contributed by atoms with E-state index in [0.717, 1.165) is 39.0 Å². The monoisotopic (exact) mass is 226 g/mol. The molecule has 4 nitrogen and oxygen atoms in total. The molecule has 1 aliphatic heterocycles. The van der Waals surface area contributed by atoms with Gasteiger partial charge in [0, 0.05) is 26.2 Å². The first kappa shape index (κ1) is 11.9. The fourth-order valence-electron chi connectivity index (χ4n) is 2.43. The maximum absolute atomic E-state index is 11.8. The topological polar surface area (TPSA) is 41.6 Å². The molecular formula is C12H22N2O2. The molecule has 2 aliphatic rings. The third kappa shape index (κ3) is 3.46. The molecule has 0 aromatic heterocycles. The van der Waals surface area contributed by atoms with E-state index in [0.29, 0.717) is 6.10 Å². The van der Waals surface area contributed by atoms with Gasteiger partial charge in [0.1, 0.15) is 6.61 Å². The van der Waals surface area contributed by atoms with Gasteiger partial charge in [0.15, 0.2) is 0 Å². The van der Waals surface area contributed by atoms with E-state index < -0.39 is 0 Å². The van der Waals surface area contributed by atoms with E-state index in [1.54, 1.807) is 0 Å². The largest absolute Gasteiger partial charge is 0.368 e. The van der Waals surface area contributed by atoms with Gasteiger partial charge < -0.3 is 15.0 Å². The predicted molar refractivity (Wildman–Crippen MR) is 62.3 cm³/mol. The minimum Gasteiger partial charge on any atom is -0.368 e. The molecular weight excluding hydrogens is 204 g/mol. The highest BCUT2D eigenvalue weighted by molar-refractivity contribution is 5.77. The summed E-state index contributed by atoms with van der Waals surface area (Å²) >= 11 is 0. The first-order chi connectivity index (χ1) is 7.86. The fraction of sp³-hybridized carbons (Fsp3) is 0.917. The van der Waals surface area contributed by atoms with E-state index in [-0.39, 0.29) is 12.5 Å². The maximum atomic E-state index is 11.8. The molecule has 1 N–H and O–H groups in total. The molecule has 1 saturated carbocycles. The molecule has 0 atom stereocenters. The number of ether oxygens (including phenoxy) is 1. The third-order valence-corrected chi connectivity index (χ3v) is 3.46. The Labute approximate surface area is 97.3 Å². The molecule has 2 fully saturated rings. The lowest BCUT2D eigenvalue weighted by Crippen LogP contribution is -2.47. The first-order valence-electron chi connectivity index (χ1n) is 6.46.